The fourth-order valence-electron chi connectivity index (χ4n) is 3.96. The zero-order valence-electron chi connectivity index (χ0n) is 17.5. The molecule has 8 heteroatoms. The summed E-state index contributed by atoms with van der Waals surface area (Å²) in [6.45, 7) is 3.74. The van der Waals surface area contributed by atoms with Gasteiger partial charge in [0.25, 0.3) is 5.56 Å². The molecular weight excluding hydrogens is 396 g/mol. The van der Waals surface area contributed by atoms with Crippen molar-refractivity contribution in [3.8, 4) is 0 Å². The van der Waals surface area contributed by atoms with Crippen molar-refractivity contribution in [1.29, 1.82) is 0 Å². The first kappa shape index (κ1) is 20.9. The van der Waals surface area contributed by atoms with Crippen molar-refractivity contribution in [1.82, 2.24) is 14.5 Å². The molecule has 0 radical (unpaired) electrons. The number of aryl methyl sites for hydroxylation is 1. The number of para-hydroxylation sites is 2. The lowest BCUT2D eigenvalue weighted by Crippen LogP contribution is -2.37. The van der Waals surface area contributed by atoms with Gasteiger partial charge in [0.15, 0.2) is 0 Å². The maximum atomic E-state index is 12.8. The van der Waals surface area contributed by atoms with Crippen LogP contribution in [0.2, 0.25) is 0 Å². The topological polar surface area (TPSA) is 87.6 Å². The zero-order chi connectivity index (χ0) is 21.8. The molecule has 1 aromatic heterocycles. The van der Waals surface area contributed by atoms with Gasteiger partial charge in [0.1, 0.15) is 0 Å². The average molecular weight is 422 g/mol. The summed E-state index contributed by atoms with van der Waals surface area (Å²) in [5, 5.41) is 0.433. The standard InChI is InChI=1S/C23H26N4O4/c1-25(16-17-6-2-4-8-19(17)26-12-14-31-15-13-26)21(28)10-11-27-20-9-5-3-7-18(20)22(29)24-23(27)30/h2-9H,10-16H2,1H3,(H,24,29,30). The summed E-state index contributed by atoms with van der Waals surface area (Å²) in [6, 6.07) is 15.0. The van der Waals surface area contributed by atoms with Crippen LogP contribution in [0.5, 0.6) is 0 Å². The summed E-state index contributed by atoms with van der Waals surface area (Å²) in [6.07, 6.45) is 0.159. The van der Waals surface area contributed by atoms with E-state index in [9.17, 15) is 14.4 Å². The molecule has 4 rings (SSSR count). The molecule has 0 atom stereocenters. The quantitative estimate of drug-likeness (QED) is 0.652. The summed E-state index contributed by atoms with van der Waals surface area (Å²) < 4.78 is 6.89. The van der Waals surface area contributed by atoms with Crippen LogP contribution < -0.4 is 16.1 Å². The summed E-state index contributed by atoms with van der Waals surface area (Å²) in [7, 11) is 1.77. The number of nitrogens with zero attached hydrogens (tertiary/aromatic N) is 3. The molecule has 1 aliphatic rings. The van der Waals surface area contributed by atoms with Crippen molar-refractivity contribution in [2.45, 2.75) is 19.5 Å². The lowest BCUT2D eigenvalue weighted by atomic mass is 10.1. The van der Waals surface area contributed by atoms with Gasteiger partial charge >= 0.3 is 5.69 Å². The number of hydrogen-bond acceptors (Lipinski definition) is 5. The number of carbonyl (C=O) groups is 1. The number of H-pyrrole nitrogens is 1. The molecule has 8 nitrogen and oxygen atoms in total. The molecule has 0 spiro atoms. The van der Waals surface area contributed by atoms with Crippen LogP contribution in [-0.4, -0.2) is 53.7 Å². The lowest BCUT2D eigenvalue weighted by molar-refractivity contribution is -0.130. The molecule has 2 aromatic carbocycles. The predicted octanol–water partition coefficient (Wildman–Crippen LogP) is 1.58. The molecule has 31 heavy (non-hydrogen) atoms. The monoisotopic (exact) mass is 422 g/mol. The van der Waals surface area contributed by atoms with E-state index in [0.29, 0.717) is 30.7 Å². The molecule has 2 heterocycles. The van der Waals surface area contributed by atoms with E-state index in [-0.39, 0.29) is 18.9 Å². The van der Waals surface area contributed by atoms with Gasteiger partial charge in [0, 0.05) is 45.3 Å². The molecule has 162 valence electrons. The zero-order valence-corrected chi connectivity index (χ0v) is 17.5. The highest BCUT2D eigenvalue weighted by molar-refractivity contribution is 5.79. The number of fused-ring (bicyclic) bond motifs is 1. The maximum Gasteiger partial charge on any atom is 0.328 e. The molecule has 1 saturated heterocycles. The molecule has 1 amide bonds. The summed E-state index contributed by atoms with van der Waals surface area (Å²) >= 11 is 0. The Labute approximate surface area is 179 Å². The highest BCUT2D eigenvalue weighted by Gasteiger charge is 2.17. The van der Waals surface area contributed by atoms with Crippen LogP contribution in [0, 0.1) is 0 Å². The number of amides is 1. The minimum absolute atomic E-state index is 0.0704. The Hall–Kier alpha value is -3.39. The van der Waals surface area contributed by atoms with Gasteiger partial charge in [-0.2, -0.15) is 0 Å². The van der Waals surface area contributed by atoms with Crippen LogP contribution in [0.1, 0.15) is 12.0 Å². The number of carbonyl (C=O) groups excluding carboxylic acids is 1. The number of aromatic nitrogens is 2. The Balaban J connectivity index is 1.47. The second-order valence-corrected chi connectivity index (χ2v) is 7.66. The van der Waals surface area contributed by atoms with Crippen LogP contribution in [0.15, 0.2) is 58.1 Å². The van der Waals surface area contributed by atoms with E-state index in [4.69, 9.17) is 4.74 Å². The van der Waals surface area contributed by atoms with Crippen molar-refractivity contribution >= 4 is 22.5 Å². The predicted molar refractivity (Wildman–Crippen MR) is 119 cm³/mol. The van der Waals surface area contributed by atoms with E-state index < -0.39 is 11.2 Å². The van der Waals surface area contributed by atoms with Gasteiger partial charge in [-0.3, -0.25) is 19.1 Å². The van der Waals surface area contributed by atoms with Crippen LogP contribution in [0.25, 0.3) is 10.9 Å². The number of aromatic amines is 1. The number of nitrogens with one attached hydrogen (secondary N) is 1. The van der Waals surface area contributed by atoms with Crippen molar-refractivity contribution in [2.24, 2.45) is 0 Å². The number of morpholine rings is 1. The van der Waals surface area contributed by atoms with Gasteiger partial charge in [0.2, 0.25) is 5.91 Å². The van der Waals surface area contributed by atoms with Gasteiger partial charge in [-0.15, -0.1) is 0 Å². The first-order valence-electron chi connectivity index (χ1n) is 10.4. The van der Waals surface area contributed by atoms with Crippen molar-refractivity contribution in [3.05, 3.63) is 74.9 Å². The summed E-state index contributed by atoms with van der Waals surface area (Å²) in [5.41, 5.74) is 1.81. The van der Waals surface area contributed by atoms with E-state index in [1.807, 2.05) is 18.2 Å². The lowest BCUT2D eigenvalue weighted by Gasteiger charge is -2.31. The smallest absolute Gasteiger partial charge is 0.328 e. The van der Waals surface area contributed by atoms with E-state index in [2.05, 4.69) is 16.0 Å². The van der Waals surface area contributed by atoms with Crippen LogP contribution >= 0.6 is 0 Å². The molecule has 1 fully saturated rings. The third-order valence-corrected chi connectivity index (χ3v) is 5.63. The number of benzene rings is 2. The average Bonchev–Trinajstić information content (AvgIpc) is 2.79. The van der Waals surface area contributed by atoms with E-state index >= 15 is 0 Å². The van der Waals surface area contributed by atoms with Gasteiger partial charge in [-0.25, -0.2) is 4.79 Å². The Morgan fingerprint density at radius 2 is 1.77 bits per heavy atom. The molecule has 0 unspecified atom stereocenters. The first-order chi connectivity index (χ1) is 15.0. The summed E-state index contributed by atoms with van der Waals surface area (Å²) in [5.74, 6) is -0.0704. The molecule has 1 N–H and O–H groups in total. The third-order valence-electron chi connectivity index (χ3n) is 5.63. The second-order valence-electron chi connectivity index (χ2n) is 7.66. The SMILES string of the molecule is CN(Cc1ccccc1N1CCOCC1)C(=O)CCn1c(=O)[nH]c(=O)c2ccccc21. The van der Waals surface area contributed by atoms with Crippen LogP contribution in [-0.2, 0) is 22.6 Å². The van der Waals surface area contributed by atoms with E-state index in [1.54, 1.807) is 36.2 Å². The molecule has 0 saturated carbocycles. The fraction of sp³-hybridized carbons (Fsp3) is 0.348. The molecule has 0 bridgehead atoms. The first-order valence-corrected chi connectivity index (χ1v) is 10.4. The number of rotatable bonds is 6. The van der Waals surface area contributed by atoms with Crippen molar-refractivity contribution in [3.63, 3.8) is 0 Å². The van der Waals surface area contributed by atoms with Crippen LogP contribution in [0.3, 0.4) is 0 Å². The molecule has 3 aromatic rings. The van der Waals surface area contributed by atoms with Crippen LogP contribution in [0.4, 0.5) is 5.69 Å². The Kier molecular flexibility index (Phi) is 6.18. The third kappa shape index (κ3) is 4.54. The van der Waals surface area contributed by atoms with E-state index in [1.165, 1.54) is 4.57 Å². The molecular formula is C23H26N4O4. The highest BCUT2D eigenvalue weighted by Crippen LogP contribution is 2.23. The Morgan fingerprint density at radius 3 is 2.58 bits per heavy atom. The highest BCUT2D eigenvalue weighted by atomic mass is 16.5. The number of anilines is 1. The van der Waals surface area contributed by atoms with Crippen molar-refractivity contribution < 1.29 is 9.53 Å². The maximum absolute atomic E-state index is 12.8. The Bertz CT molecular complexity index is 1190. The van der Waals surface area contributed by atoms with Gasteiger partial charge in [-0.1, -0.05) is 30.3 Å². The molecule has 1 aliphatic heterocycles. The minimum Gasteiger partial charge on any atom is -0.378 e. The summed E-state index contributed by atoms with van der Waals surface area (Å²) in [4.78, 5) is 43.4. The molecule has 0 aliphatic carbocycles. The second kappa shape index (κ2) is 9.18. The normalized spacial score (nSPS) is 14.0. The number of hydrogen-bond donors (Lipinski definition) is 1. The Morgan fingerprint density at radius 1 is 1.06 bits per heavy atom. The fourth-order valence-corrected chi connectivity index (χ4v) is 3.96. The number of ether oxygens (including phenoxy) is 1. The van der Waals surface area contributed by atoms with Gasteiger partial charge in [0.05, 0.1) is 24.1 Å². The van der Waals surface area contributed by atoms with Crippen molar-refractivity contribution in [2.75, 3.05) is 38.3 Å². The minimum atomic E-state index is -0.503. The van der Waals surface area contributed by atoms with E-state index in [0.717, 1.165) is 24.3 Å². The largest absolute Gasteiger partial charge is 0.378 e. The van der Waals surface area contributed by atoms with Gasteiger partial charge in [-0.05, 0) is 23.8 Å². The van der Waals surface area contributed by atoms with Gasteiger partial charge < -0.3 is 14.5 Å².